The van der Waals surface area contributed by atoms with Gasteiger partial charge in [0.1, 0.15) is 0 Å². The monoisotopic (exact) mass is 782 g/mol. The maximum Gasteiger partial charge on any atom is 0.490 e. The van der Waals surface area contributed by atoms with Crippen LogP contribution in [0.3, 0.4) is 0 Å². The van der Waals surface area contributed by atoms with E-state index < -0.39 is 18.2 Å². The Morgan fingerprint density at radius 1 is 0.582 bits per heavy atom. The van der Waals surface area contributed by atoms with Gasteiger partial charge in [-0.2, -0.15) is 13.2 Å². The van der Waals surface area contributed by atoms with Crippen LogP contribution in [0.15, 0.2) is 72.8 Å². The Morgan fingerprint density at radius 3 is 1.04 bits per heavy atom. The minimum atomic E-state index is -5.08. The van der Waals surface area contributed by atoms with Gasteiger partial charge in [-0.15, -0.1) is 0 Å². The van der Waals surface area contributed by atoms with E-state index in [-0.39, 0.29) is 36.0 Å². The second kappa shape index (κ2) is 26.2. The predicted molar refractivity (Wildman–Crippen MR) is 195 cm³/mol. The van der Waals surface area contributed by atoms with Crippen molar-refractivity contribution in [3.8, 4) is 0 Å². The molecule has 0 fully saturated rings. The number of rotatable bonds is 13. The van der Waals surface area contributed by atoms with Gasteiger partial charge in [0, 0.05) is 18.1 Å². The Bertz CT molecular complexity index is 1540. The number of alkyl halides is 3. The zero-order chi connectivity index (χ0) is 42.1. The van der Waals surface area contributed by atoms with Crippen LogP contribution in [0, 0.1) is 0 Å². The fraction of sp³-hybridized carbons (Fsp3) is 0.361. The Hall–Kier alpha value is -5.60. The Labute approximate surface area is 316 Å². The van der Waals surface area contributed by atoms with Gasteiger partial charge < -0.3 is 24.4 Å². The number of hydrazine groups is 3. The van der Waals surface area contributed by atoms with Gasteiger partial charge in [-0.05, 0) is 94.6 Å². The highest BCUT2D eigenvalue weighted by Crippen LogP contribution is 2.16. The molecule has 0 heterocycles. The normalized spacial score (nSPS) is 11.9. The number of aliphatic carboxylic acids is 1. The lowest BCUT2D eigenvalue weighted by Gasteiger charge is -2.13. The standard InChI is InChI=1S/C12H16N2O4.2C11H16N2O2.C2HF3O2/c1-3-18-11(15)10-6-4-9(5-7-10)8(2)13-14-12(16)17;2*1-3-15-11(14)10-6-4-9(5-7-10)8(2)13-12;3-2(4,5)1(6)7/h4-8,13-14H,3H2,1-2H3,(H,16,17);2*4-8,13H,3,12H2,1-2H3;(H,6,7)/t;2*8-;/m.11./s1. The van der Waals surface area contributed by atoms with E-state index in [0.717, 1.165) is 16.7 Å². The topological polar surface area (TPSA) is 254 Å². The molecule has 304 valence electrons. The number of hydrogen-bond acceptors (Lipinski definition) is 13. The first-order chi connectivity index (χ1) is 25.9. The lowest BCUT2D eigenvalue weighted by Crippen LogP contribution is -2.37. The zero-order valence-electron chi connectivity index (χ0n) is 31.2. The second-order valence-corrected chi connectivity index (χ2v) is 10.9. The number of amides is 1. The molecule has 0 spiro atoms. The molecule has 19 heteroatoms. The zero-order valence-corrected chi connectivity index (χ0v) is 31.2. The van der Waals surface area contributed by atoms with E-state index in [1.165, 1.54) is 0 Å². The van der Waals surface area contributed by atoms with Gasteiger partial charge in [0.15, 0.2) is 0 Å². The number of esters is 3. The third-order valence-corrected chi connectivity index (χ3v) is 6.90. The van der Waals surface area contributed by atoms with E-state index >= 15 is 0 Å². The molecule has 0 saturated heterocycles. The van der Waals surface area contributed by atoms with Crippen LogP contribution in [0.4, 0.5) is 18.0 Å². The molecule has 0 aliphatic rings. The van der Waals surface area contributed by atoms with Gasteiger partial charge in [-0.3, -0.25) is 28.0 Å². The first-order valence-corrected chi connectivity index (χ1v) is 16.6. The summed E-state index contributed by atoms with van der Waals surface area (Å²) in [5.74, 6) is 6.90. The fourth-order valence-electron chi connectivity index (χ4n) is 3.81. The van der Waals surface area contributed by atoms with Crippen LogP contribution in [0.2, 0.25) is 0 Å². The molecule has 3 aromatic rings. The first kappa shape index (κ1) is 49.4. The minimum absolute atomic E-state index is 0.0706. The molecule has 0 bridgehead atoms. The largest absolute Gasteiger partial charge is 0.490 e. The van der Waals surface area contributed by atoms with Crippen LogP contribution >= 0.6 is 0 Å². The molecule has 3 aromatic carbocycles. The number of nitrogens with one attached hydrogen (secondary N) is 4. The average molecular weight is 783 g/mol. The van der Waals surface area contributed by atoms with Crippen LogP contribution in [-0.2, 0) is 19.0 Å². The maximum atomic E-state index is 11.4. The maximum absolute atomic E-state index is 11.4. The second-order valence-electron chi connectivity index (χ2n) is 10.9. The molecule has 3 atom stereocenters. The summed E-state index contributed by atoms with van der Waals surface area (Å²) >= 11 is 0. The third-order valence-electron chi connectivity index (χ3n) is 6.90. The number of carbonyl (C=O) groups is 5. The van der Waals surface area contributed by atoms with E-state index in [0.29, 0.717) is 36.5 Å². The van der Waals surface area contributed by atoms with Crippen molar-refractivity contribution in [2.75, 3.05) is 19.8 Å². The van der Waals surface area contributed by atoms with E-state index in [9.17, 15) is 32.3 Å². The number of carboxylic acid groups (broad SMARTS) is 2. The van der Waals surface area contributed by atoms with Crippen molar-refractivity contribution < 1.29 is 61.6 Å². The summed E-state index contributed by atoms with van der Waals surface area (Å²) in [5, 5.41) is 15.6. The molecule has 0 aromatic heterocycles. The molecule has 16 nitrogen and oxygen atoms in total. The van der Waals surface area contributed by atoms with Crippen LogP contribution < -0.4 is 33.4 Å². The molecular weight excluding hydrogens is 733 g/mol. The van der Waals surface area contributed by atoms with Gasteiger partial charge in [0.05, 0.1) is 36.5 Å². The van der Waals surface area contributed by atoms with Crippen molar-refractivity contribution in [3.63, 3.8) is 0 Å². The van der Waals surface area contributed by atoms with Gasteiger partial charge >= 0.3 is 36.1 Å². The summed E-state index contributed by atoms with van der Waals surface area (Å²) in [6, 6.07) is 21.1. The lowest BCUT2D eigenvalue weighted by atomic mass is 10.1. The smallest absolute Gasteiger partial charge is 0.475 e. The van der Waals surface area contributed by atoms with Gasteiger partial charge in [-0.1, -0.05) is 36.4 Å². The third kappa shape index (κ3) is 19.9. The summed E-state index contributed by atoms with van der Waals surface area (Å²) < 4.78 is 46.3. The molecule has 0 saturated carbocycles. The molecule has 1 unspecified atom stereocenters. The quantitative estimate of drug-likeness (QED) is 0.0486. The van der Waals surface area contributed by atoms with Crippen molar-refractivity contribution in [2.45, 2.75) is 65.8 Å². The number of carboxylic acids is 1. The molecule has 1 amide bonds. The van der Waals surface area contributed by atoms with Crippen LogP contribution in [-0.4, -0.2) is 66.2 Å². The average Bonchev–Trinajstić information content (AvgIpc) is 3.17. The number of nitrogens with two attached hydrogens (primary N) is 2. The van der Waals surface area contributed by atoms with Crippen molar-refractivity contribution in [2.24, 2.45) is 11.7 Å². The highest BCUT2D eigenvalue weighted by Gasteiger charge is 2.38. The van der Waals surface area contributed by atoms with Gasteiger partial charge in [-0.25, -0.2) is 29.4 Å². The highest BCUT2D eigenvalue weighted by molar-refractivity contribution is 5.90. The number of hydrogen-bond donors (Lipinski definition) is 8. The summed E-state index contributed by atoms with van der Waals surface area (Å²) in [7, 11) is 0. The first-order valence-electron chi connectivity index (χ1n) is 16.6. The van der Waals surface area contributed by atoms with E-state index in [1.807, 2.05) is 38.1 Å². The number of carbonyl (C=O) groups excluding carboxylic acids is 3. The molecule has 10 N–H and O–H groups in total. The molecule has 0 radical (unpaired) electrons. The van der Waals surface area contributed by atoms with Gasteiger partial charge in [0.25, 0.3) is 0 Å². The van der Waals surface area contributed by atoms with E-state index in [1.54, 1.807) is 76.2 Å². The van der Waals surface area contributed by atoms with Crippen molar-refractivity contribution in [1.82, 2.24) is 21.7 Å². The van der Waals surface area contributed by atoms with Crippen LogP contribution in [0.5, 0.6) is 0 Å². The SMILES string of the molecule is CCOC(=O)c1ccc(C(C)NNC(=O)O)cc1.CCOC(=O)c1ccc([C@@H](C)NN)cc1.CCOC(=O)c1ccc([C@@H](C)NN)cc1.O=C(O)C(F)(F)F. The van der Waals surface area contributed by atoms with E-state index in [2.05, 4.69) is 21.7 Å². The lowest BCUT2D eigenvalue weighted by molar-refractivity contribution is -0.192. The molecular formula is C36H49F3N6O10. The molecule has 0 aliphatic carbocycles. The molecule has 55 heavy (non-hydrogen) atoms. The van der Waals surface area contributed by atoms with E-state index in [4.69, 9.17) is 40.9 Å². The van der Waals surface area contributed by atoms with Crippen molar-refractivity contribution in [3.05, 3.63) is 106 Å². The minimum Gasteiger partial charge on any atom is -0.475 e. The Morgan fingerprint density at radius 2 is 0.836 bits per heavy atom. The Kier molecular flexibility index (Phi) is 23.6. The van der Waals surface area contributed by atoms with Crippen LogP contribution in [0.1, 0.15) is 107 Å². The predicted octanol–water partition coefficient (Wildman–Crippen LogP) is 5.11. The Balaban J connectivity index is 0.000000735. The summed E-state index contributed by atoms with van der Waals surface area (Å²) in [6.07, 6.45) is -6.23. The van der Waals surface area contributed by atoms with Crippen molar-refractivity contribution in [1.29, 1.82) is 0 Å². The number of benzene rings is 3. The molecule has 3 rings (SSSR count). The summed E-state index contributed by atoms with van der Waals surface area (Å²) in [6.45, 7) is 12.1. The molecule has 0 aliphatic heterocycles. The summed E-state index contributed by atoms with van der Waals surface area (Å²) in [4.78, 5) is 53.3. The summed E-state index contributed by atoms with van der Waals surface area (Å²) in [5.41, 5.74) is 14.5. The highest BCUT2D eigenvalue weighted by atomic mass is 19.4. The fourth-order valence-corrected chi connectivity index (χ4v) is 3.81. The van der Waals surface area contributed by atoms with Crippen molar-refractivity contribution >= 4 is 30.0 Å². The number of halogens is 3. The van der Waals surface area contributed by atoms with Crippen LogP contribution in [0.25, 0.3) is 0 Å². The number of ether oxygens (including phenoxy) is 3. The van der Waals surface area contributed by atoms with Gasteiger partial charge in [0.2, 0.25) is 0 Å².